The number of rotatable bonds is 6. The third kappa shape index (κ3) is 7.51. The standard InChI is InChI=1S/C25H31ClN2O4.Li.H/c1-25(2,3)32-24(31)28-15-19-8-6-5-7-18(19)14-21(28)16-27(4)22(23(29)30)13-17-9-11-20(26)12-10-17;;/h5-12,21-22H,13-16H2,1-4H3,(H,29,30);;. The first-order chi connectivity index (χ1) is 15.0. The monoisotopic (exact) mass is 466 g/mol. The van der Waals surface area contributed by atoms with E-state index in [2.05, 4.69) is 6.07 Å². The van der Waals surface area contributed by atoms with Crippen LogP contribution in [0.15, 0.2) is 48.5 Å². The molecule has 2 aromatic carbocycles. The molecule has 2 atom stereocenters. The molecule has 0 radical (unpaired) electrons. The number of likely N-dealkylation sites (N-methyl/N-ethyl adjacent to an activating group) is 1. The molecule has 1 N–H and O–H groups in total. The molecular formula is C25H32ClLiN2O4. The van der Waals surface area contributed by atoms with E-state index in [0.717, 1.165) is 11.1 Å². The van der Waals surface area contributed by atoms with Gasteiger partial charge in [0, 0.05) is 18.1 Å². The Hall–Kier alpha value is -1.97. The fraction of sp³-hybridized carbons (Fsp3) is 0.440. The van der Waals surface area contributed by atoms with E-state index in [1.807, 2.05) is 56.0 Å². The normalized spacial score (nSPS) is 16.5. The van der Waals surface area contributed by atoms with Crippen molar-refractivity contribution < 1.29 is 19.4 Å². The van der Waals surface area contributed by atoms with Crippen molar-refractivity contribution in [3.8, 4) is 0 Å². The van der Waals surface area contributed by atoms with Crippen molar-refractivity contribution in [3.63, 3.8) is 0 Å². The van der Waals surface area contributed by atoms with E-state index in [-0.39, 0.29) is 31.0 Å². The van der Waals surface area contributed by atoms with Gasteiger partial charge in [0.1, 0.15) is 11.6 Å². The number of benzene rings is 2. The molecule has 6 nitrogen and oxygen atoms in total. The SMILES string of the molecule is CN(CC1Cc2ccccc2CN1C(=O)OC(C)(C)C)C(Cc1ccc(Cl)cc1)C(=O)O.[LiH]. The van der Waals surface area contributed by atoms with Crippen molar-refractivity contribution in [2.24, 2.45) is 0 Å². The Morgan fingerprint density at radius 3 is 2.33 bits per heavy atom. The van der Waals surface area contributed by atoms with Gasteiger partial charge in [0.25, 0.3) is 0 Å². The van der Waals surface area contributed by atoms with Gasteiger partial charge in [0.2, 0.25) is 0 Å². The summed E-state index contributed by atoms with van der Waals surface area (Å²) in [7, 11) is 1.79. The molecule has 0 spiro atoms. The molecule has 0 bridgehead atoms. The van der Waals surface area contributed by atoms with Gasteiger partial charge >= 0.3 is 30.9 Å². The first-order valence-electron chi connectivity index (χ1n) is 10.8. The predicted molar refractivity (Wildman–Crippen MR) is 132 cm³/mol. The molecule has 8 heteroatoms. The fourth-order valence-electron chi connectivity index (χ4n) is 4.02. The van der Waals surface area contributed by atoms with Gasteiger partial charge in [-0.3, -0.25) is 14.6 Å². The summed E-state index contributed by atoms with van der Waals surface area (Å²) in [5.74, 6) is -0.900. The summed E-state index contributed by atoms with van der Waals surface area (Å²) in [6, 6.07) is 14.3. The molecule has 1 aliphatic heterocycles. The Morgan fingerprint density at radius 1 is 1.15 bits per heavy atom. The third-order valence-electron chi connectivity index (χ3n) is 5.64. The number of carboxylic acid groups (broad SMARTS) is 1. The quantitative estimate of drug-likeness (QED) is 0.652. The molecule has 0 aromatic heterocycles. The number of halogens is 1. The van der Waals surface area contributed by atoms with Crippen LogP contribution in [0.2, 0.25) is 5.02 Å². The fourth-order valence-corrected chi connectivity index (χ4v) is 4.15. The first kappa shape index (κ1) is 27.3. The van der Waals surface area contributed by atoms with Crippen LogP contribution in [-0.2, 0) is 28.9 Å². The van der Waals surface area contributed by atoms with Crippen LogP contribution in [0.4, 0.5) is 4.79 Å². The average molecular weight is 467 g/mol. The van der Waals surface area contributed by atoms with Crippen molar-refractivity contribution in [1.82, 2.24) is 9.80 Å². The van der Waals surface area contributed by atoms with Crippen molar-refractivity contribution in [1.29, 1.82) is 0 Å². The number of fused-ring (bicyclic) bond motifs is 1. The van der Waals surface area contributed by atoms with Crippen LogP contribution in [-0.4, -0.2) is 77.1 Å². The van der Waals surface area contributed by atoms with Crippen LogP contribution < -0.4 is 0 Å². The number of nitrogens with zero attached hydrogens (tertiary/aromatic N) is 2. The first-order valence-corrected chi connectivity index (χ1v) is 11.1. The zero-order chi connectivity index (χ0) is 23.5. The van der Waals surface area contributed by atoms with Gasteiger partial charge in [-0.25, -0.2) is 4.79 Å². The van der Waals surface area contributed by atoms with Gasteiger partial charge in [-0.05, 0) is 69.5 Å². The zero-order valence-corrected chi connectivity index (χ0v) is 19.8. The number of aliphatic carboxylic acids is 1. The molecule has 174 valence electrons. The van der Waals surface area contributed by atoms with Gasteiger partial charge in [-0.15, -0.1) is 0 Å². The van der Waals surface area contributed by atoms with Crippen LogP contribution in [0.1, 0.15) is 37.5 Å². The molecule has 1 amide bonds. The van der Waals surface area contributed by atoms with Gasteiger partial charge in [-0.1, -0.05) is 48.0 Å². The Morgan fingerprint density at radius 2 is 1.76 bits per heavy atom. The van der Waals surface area contributed by atoms with Crippen LogP contribution in [0.25, 0.3) is 0 Å². The van der Waals surface area contributed by atoms with Crippen LogP contribution in [0, 0.1) is 0 Å². The summed E-state index contributed by atoms with van der Waals surface area (Å²) in [5, 5.41) is 10.5. The van der Waals surface area contributed by atoms with Gasteiger partial charge in [-0.2, -0.15) is 0 Å². The van der Waals surface area contributed by atoms with Crippen molar-refractivity contribution >= 4 is 42.5 Å². The molecule has 0 fully saturated rings. The maximum atomic E-state index is 13.0. The third-order valence-corrected chi connectivity index (χ3v) is 5.89. The number of hydrogen-bond donors (Lipinski definition) is 1. The van der Waals surface area contributed by atoms with Crippen molar-refractivity contribution in [2.45, 2.75) is 57.8 Å². The topological polar surface area (TPSA) is 70.1 Å². The van der Waals surface area contributed by atoms with Gasteiger partial charge < -0.3 is 9.84 Å². The Bertz CT molecular complexity index is 962. The van der Waals surface area contributed by atoms with Gasteiger partial charge in [0.05, 0.1) is 6.04 Å². The second-order valence-electron chi connectivity index (χ2n) is 9.36. The number of carbonyl (C=O) groups is 2. The van der Waals surface area contributed by atoms with Crippen molar-refractivity contribution in [3.05, 3.63) is 70.2 Å². The molecular weight excluding hydrogens is 435 g/mol. The summed E-state index contributed by atoms with van der Waals surface area (Å²) >= 11 is 5.96. The Balaban J connectivity index is 0.00000385. The molecule has 2 unspecified atom stereocenters. The van der Waals surface area contributed by atoms with Crippen LogP contribution >= 0.6 is 11.6 Å². The number of carboxylic acids is 1. The summed E-state index contributed by atoms with van der Waals surface area (Å²) in [5.41, 5.74) is 2.55. The number of hydrogen-bond acceptors (Lipinski definition) is 4. The van der Waals surface area contributed by atoms with Gasteiger partial charge in [0.15, 0.2) is 0 Å². The molecule has 2 aromatic rings. The molecule has 3 rings (SSSR count). The van der Waals surface area contributed by atoms with Crippen LogP contribution in [0.3, 0.4) is 0 Å². The molecule has 1 heterocycles. The second-order valence-corrected chi connectivity index (χ2v) is 9.80. The summed E-state index contributed by atoms with van der Waals surface area (Å²) in [4.78, 5) is 28.6. The number of carbonyl (C=O) groups excluding carboxylic acids is 1. The predicted octanol–water partition coefficient (Wildman–Crippen LogP) is 3.98. The second kappa shape index (κ2) is 11.4. The van der Waals surface area contributed by atoms with E-state index in [0.29, 0.717) is 31.0 Å². The van der Waals surface area contributed by atoms with E-state index >= 15 is 0 Å². The molecule has 0 saturated carbocycles. The summed E-state index contributed by atoms with van der Waals surface area (Å²) in [6.45, 7) is 6.39. The number of ether oxygens (including phenoxy) is 1. The summed E-state index contributed by atoms with van der Waals surface area (Å²) in [6.07, 6.45) is 0.612. The number of amides is 1. The van der Waals surface area contributed by atoms with E-state index in [4.69, 9.17) is 16.3 Å². The minimum atomic E-state index is -0.900. The molecule has 0 aliphatic carbocycles. The van der Waals surface area contributed by atoms with E-state index < -0.39 is 17.6 Å². The Labute approximate surface area is 213 Å². The average Bonchev–Trinajstić information content (AvgIpc) is 2.71. The zero-order valence-electron chi connectivity index (χ0n) is 19.0. The molecule has 0 saturated heterocycles. The maximum absolute atomic E-state index is 13.0. The van der Waals surface area contributed by atoms with E-state index in [1.54, 1.807) is 24.1 Å². The van der Waals surface area contributed by atoms with E-state index in [9.17, 15) is 14.7 Å². The Kier molecular flexibility index (Phi) is 9.45. The molecule has 1 aliphatic rings. The minimum absolute atomic E-state index is 0. The van der Waals surface area contributed by atoms with Crippen molar-refractivity contribution in [2.75, 3.05) is 13.6 Å². The summed E-state index contributed by atoms with van der Waals surface area (Å²) < 4.78 is 5.66. The van der Waals surface area contributed by atoms with E-state index in [1.165, 1.54) is 5.56 Å². The molecule has 33 heavy (non-hydrogen) atoms. The van der Waals surface area contributed by atoms with Crippen LogP contribution in [0.5, 0.6) is 0 Å².